The Morgan fingerprint density at radius 2 is 2.47 bits per heavy atom. The second-order valence-electron chi connectivity index (χ2n) is 4.47. The van der Waals surface area contributed by atoms with Gasteiger partial charge in [0.1, 0.15) is 0 Å². The van der Waals surface area contributed by atoms with Gasteiger partial charge in [-0.05, 0) is 12.8 Å². The van der Waals surface area contributed by atoms with Crippen LogP contribution in [0.3, 0.4) is 0 Å². The lowest BCUT2D eigenvalue weighted by Gasteiger charge is -2.23. The molecule has 2 heterocycles. The van der Waals surface area contributed by atoms with Gasteiger partial charge in [-0.3, -0.25) is 9.59 Å². The third-order valence-corrected chi connectivity index (χ3v) is 3.86. The summed E-state index contributed by atoms with van der Waals surface area (Å²) >= 11 is 1.07. The molecule has 0 aliphatic carbocycles. The molecule has 1 saturated heterocycles. The number of aromatic nitrogens is 2. The molecular weight excluding hydrogens is 268 g/mol. The zero-order valence-electron chi connectivity index (χ0n) is 10.4. The summed E-state index contributed by atoms with van der Waals surface area (Å²) in [4.78, 5) is 25.7. The lowest BCUT2D eigenvalue weighted by atomic mass is 10.0. The number of carboxylic acids is 1. The first-order valence-electron chi connectivity index (χ1n) is 6.15. The molecule has 1 fully saturated rings. The highest BCUT2D eigenvalue weighted by atomic mass is 32.2. The SMILES string of the molecule is O=C(O)CSc1nc(=O)ccn1CC1CCCOC1. The van der Waals surface area contributed by atoms with Crippen LogP contribution >= 0.6 is 11.8 Å². The molecule has 1 unspecified atom stereocenters. The van der Waals surface area contributed by atoms with Crippen LogP contribution < -0.4 is 5.56 Å². The smallest absolute Gasteiger partial charge is 0.313 e. The zero-order chi connectivity index (χ0) is 13.7. The van der Waals surface area contributed by atoms with Gasteiger partial charge in [0.2, 0.25) is 0 Å². The van der Waals surface area contributed by atoms with E-state index in [2.05, 4.69) is 4.98 Å². The molecule has 104 valence electrons. The van der Waals surface area contributed by atoms with Crippen molar-refractivity contribution >= 4 is 17.7 Å². The van der Waals surface area contributed by atoms with Crippen molar-refractivity contribution in [3.8, 4) is 0 Å². The molecule has 1 aliphatic heterocycles. The van der Waals surface area contributed by atoms with Crippen molar-refractivity contribution in [2.45, 2.75) is 24.5 Å². The van der Waals surface area contributed by atoms with E-state index in [-0.39, 0.29) is 11.3 Å². The fraction of sp³-hybridized carbons (Fsp3) is 0.583. The average molecular weight is 284 g/mol. The molecule has 0 spiro atoms. The van der Waals surface area contributed by atoms with Crippen molar-refractivity contribution in [1.29, 1.82) is 0 Å². The van der Waals surface area contributed by atoms with Gasteiger partial charge in [-0.25, -0.2) is 0 Å². The van der Waals surface area contributed by atoms with Crippen molar-refractivity contribution in [3.63, 3.8) is 0 Å². The first-order valence-corrected chi connectivity index (χ1v) is 7.13. The maximum absolute atomic E-state index is 11.3. The topological polar surface area (TPSA) is 81.4 Å². The molecule has 0 bridgehead atoms. The van der Waals surface area contributed by atoms with Gasteiger partial charge >= 0.3 is 5.97 Å². The van der Waals surface area contributed by atoms with Gasteiger partial charge in [0, 0.05) is 31.3 Å². The number of ether oxygens (including phenoxy) is 1. The number of thioether (sulfide) groups is 1. The predicted molar refractivity (Wildman–Crippen MR) is 70.4 cm³/mol. The molecular formula is C12H16N2O4S. The van der Waals surface area contributed by atoms with Gasteiger partial charge in [-0.2, -0.15) is 4.98 Å². The quantitative estimate of drug-likeness (QED) is 0.637. The zero-order valence-corrected chi connectivity index (χ0v) is 11.3. The third-order valence-electron chi connectivity index (χ3n) is 2.88. The first kappa shape index (κ1) is 14.1. The van der Waals surface area contributed by atoms with Gasteiger partial charge in [-0.1, -0.05) is 11.8 Å². The van der Waals surface area contributed by atoms with Crippen LogP contribution in [0.15, 0.2) is 22.2 Å². The Morgan fingerprint density at radius 3 is 3.16 bits per heavy atom. The minimum Gasteiger partial charge on any atom is -0.481 e. The largest absolute Gasteiger partial charge is 0.481 e. The Hall–Kier alpha value is -1.34. The Bertz CT molecular complexity index is 497. The molecule has 0 radical (unpaired) electrons. The number of nitrogens with zero attached hydrogens (tertiary/aromatic N) is 2. The molecule has 2 rings (SSSR count). The molecule has 0 aromatic carbocycles. The minimum absolute atomic E-state index is 0.0996. The average Bonchev–Trinajstić information content (AvgIpc) is 2.40. The van der Waals surface area contributed by atoms with Crippen molar-refractivity contribution in [1.82, 2.24) is 9.55 Å². The molecule has 19 heavy (non-hydrogen) atoms. The Balaban J connectivity index is 2.08. The van der Waals surface area contributed by atoms with Crippen LogP contribution in [-0.4, -0.2) is 39.6 Å². The molecule has 1 aromatic heterocycles. The van der Waals surface area contributed by atoms with Crippen LogP contribution in [0.25, 0.3) is 0 Å². The van der Waals surface area contributed by atoms with Crippen LogP contribution in [0.5, 0.6) is 0 Å². The monoisotopic (exact) mass is 284 g/mol. The Morgan fingerprint density at radius 1 is 1.63 bits per heavy atom. The predicted octanol–water partition coefficient (Wildman–Crippen LogP) is 0.847. The molecule has 1 aliphatic rings. The highest BCUT2D eigenvalue weighted by Gasteiger charge is 2.16. The van der Waals surface area contributed by atoms with E-state index in [1.807, 2.05) is 4.57 Å². The molecule has 1 atom stereocenters. The summed E-state index contributed by atoms with van der Waals surface area (Å²) < 4.78 is 7.26. The maximum atomic E-state index is 11.3. The fourth-order valence-corrected chi connectivity index (χ4v) is 2.73. The fourth-order valence-electron chi connectivity index (χ4n) is 2.02. The lowest BCUT2D eigenvalue weighted by molar-refractivity contribution is -0.133. The summed E-state index contributed by atoms with van der Waals surface area (Å²) in [5.74, 6) is -0.629. The van der Waals surface area contributed by atoms with Crippen molar-refractivity contribution < 1.29 is 14.6 Å². The number of aliphatic carboxylic acids is 1. The normalized spacial score (nSPS) is 19.3. The van der Waals surface area contributed by atoms with E-state index in [0.29, 0.717) is 24.2 Å². The van der Waals surface area contributed by atoms with E-state index >= 15 is 0 Å². The summed E-state index contributed by atoms with van der Waals surface area (Å²) in [6, 6.07) is 1.40. The van der Waals surface area contributed by atoms with Crippen LogP contribution in [0, 0.1) is 5.92 Å². The second-order valence-corrected chi connectivity index (χ2v) is 5.41. The van der Waals surface area contributed by atoms with E-state index in [9.17, 15) is 9.59 Å². The third kappa shape index (κ3) is 4.36. The van der Waals surface area contributed by atoms with Crippen molar-refractivity contribution in [3.05, 3.63) is 22.6 Å². The lowest BCUT2D eigenvalue weighted by Crippen LogP contribution is -2.24. The number of hydrogen-bond acceptors (Lipinski definition) is 5. The highest BCUT2D eigenvalue weighted by Crippen LogP contribution is 2.19. The van der Waals surface area contributed by atoms with Crippen LogP contribution in [-0.2, 0) is 16.1 Å². The standard InChI is InChI=1S/C12H16N2O4S/c15-10-3-4-14(6-9-2-1-5-18-7-9)12(13-10)19-8-11(16)17/h3-4,9H,1-2,5-8H2,(H,16,17). The van der Waals surface area contributed by atoms with Crippen LogP contribution in [0.2, 0.25) is 0 Å². The molecule has 6 nitrogen and oxygen atoms in total. The summed E-state index contributed by atoms with van der Waals surface area (Å²) in [5.41, 5.74) is -0.343. The Labute approximate surface area is 114 Å². The molecule has 0 amide bonds. The summed E-state index contributed by atoms with van der Waals surface area (Å²) in [5, 5.41) is 9.16. The number of hydrogen-bond donors (Lipinski definition) is 1. The molecule has 0 saturated carbocycles. The second kappa shape index (κ2) is 6.72. The molecule has 7 heteroatoms. The van der Waals surface area contributed by atoms with Crippen LogP contribution in [0.1, 0.15) is 12.8 Å². The van der Waals surface area contributed by atoms with E-state index in [1.165, 1.54) is 6.07 Å². The summed E-state index contributed by atoms with van der Waals surface area (Å²) in [6.45, 7) is 2.21. The van der Waals surface area contributed by atoms with E-state index in [0.717, 1.165) is 31.2 Å². The van der Waals surface area contributed by atoms with E-state index in [1.54, 1.807) is 6.20 Å². The first-order chi connectivity index (χ1) is 9.15. The van der Waals surface area contributed by atoms with Crippen LogP contribution in [0.4, 0.5) is 0 Å². The van der Waals surface area contributed by atoms with Gasteiger partial charge < -0.3 is 14.4 Å². The highest BCUT2D eigenvalue weighted by molar-refractivity contribution is 7.99. The van der Waals surface area contributed by atoms with Gasteiger partial charge in [-0.15, -0.1) is 0 Å². The van der Waals surface area contributed by atoms with E-state index in [4.69, 9.17) is 9.84 Å². The van der Waals surface area contributed by atoms with Gasteiger partial charge in [0.25, 0.3) is 5.56 Å². The number of carbonyl (C=O) groups is 1. The van der Waals surface area contributed by atoms with Gasteiger partial charge in [0.15, 0.2) is 5.16 Å². The van der Waals surface area contributed by atoms with Crippen molar-refractivity contribution in [2.24, 2.45) is 5.92 Å². The maximum Gasteiger partial charge on any atom is 0.313 e. The minimum atomic E-state index is -0.921. The summed E-state index contributed by atoms with van der Waals surface area (Å²) in [6.07, 6.45) is 3.79. The van der Waals surface area contributed by atoms with Gasteiger partial charge in [0.05, 0.1) is 12.4 Å². The molecule has 1 aromatic rings. The molecule has 1 N–H and O–H groups in total. The summed E-state index contributed by atoms with van der Waals surface area (Å²) in [7, 11) is 0. The number of carboxylic acid groups (broad SMARTS) is 1. The Kier molecular flexibility index (Phi) is 4.98. The van der Waals surface area contributed by atoms with E-state index < -0.39 is 5.97 Å². The van der Waals surface area contributed by atoms with Crippen molar-refractivity contribution in [2.75, 3.05) is 19.0 Å². The number of rotatable bonds is 5.